The van der Waals surface area contributed by atoms with E-state index in [1.165, 1.54) is 17.3 Å². The molecule has 1 saturated heterocycles. The number of ether oxygens (including phenoxy) is 1. The molecule has 158 valence electrons. The predicted molar refractivity (Wildman–Crippen MR) is 105 cm³/mol. The monoisotopic (exact) mass is 432 g/mol. The van der Waals surface area contributed by atoms with Crippen LogP contribution in [0.15, 0.2) is 29.7 Å². The van der Waals surface area contributed by atoms with Gasteiger partial charge in [0.25, 0.3) is 0 Å². The van der Waals surface area contributed by atoms with Crippen LogP contribution in [0.5, 0.6) is 11.6 Å². The van der Waals surface area contributed by atoms with Crippen LogP contribution in [0.2, 0.25) is 0 Å². The number of nitrogens with zero attached hydrogens (tertiary/aromatic N) is 6. The number of pyridine rings is 1. The second-order valence-corrected chi connectivity index (χ2v) is 9.08. The summed E-state index contributed by atoms with van der Waals surface area (Å²) >= 11 is 0. The highest BCUT2D eigenvalue weighted by atomic mass is 32.2. The summed E-state index contributed by atoms with van der Waals surface area (Å²) in [6.07, 6.45) is 4.44. The molecule has 1 fully saturated rings. The molecule has 0 atom stereocenters. The van der Waals surface area contributed by atoms with Crippen molar-refractivity contribution in [1.82, 2.24) is 29.6 Å². The van der Waals surface area contributed by atoms with Crippen LogP contribution in [0.25, 0.3) is 11.0 Å². The van der Waals surface area contributed by atoms with Crippen LogP contribution < -0.4 is 4.74 Å². The van der Waals surface area contributed by atoms with Gasteiger partial charge in [-0.05, 0) is 31.9 Å². The van der Waals surface area contributed by atoms with Gasteiger partial charge in [-0.1, -0.05) is 0 Å². The van der Waals surface area contributed by atoms with E-state index in [1.807, 2.05) is 0 Å². The number of fused-ring (bicyclic) bond motifs is 1. The maximum atomic E-state index is 11.7. The van der Waals surface area contributed by atoms with Gasteiger partial charge >= 0.3 is 6.09 Å². The van der Waals surface area contributed by atoms with E-state index < -0.39 is 15.9 Å². The average molecular weight is 432 g/mol. The first-order valence-corrected chi connectivity index (χ1v) is 11.1. The van der Waals surface area contributed by atoms with Gasteiger partial charge in [0.15, 0.2) is 26.3 Å². The van der Waals surface area contributed by atoms with E-state index >= 15 is 0 Å². The number of hydrogen-bond donors (Lipinski definition) is 1. The molecule has 0 saturated carbocycles. The number of aromatic nitrogens is 5. The maximum Gasteiger partial charge on any atom is 0.407 e. The number of piperidine rings is 1. The number of carbonyl (C=O) groups is 1. The zero-order valence-corrected chi connectivity index (χ0v) is 17.2. The lowest BCUT2D eigenvalue weighted by molar-refractivity contribution is 0.124. The summed E-state index contributed by atoms with van der Waals surface area (Å²) in [5, 5.41) is 14.1. The number of sulfone groups is 1. The molecule has 0 aliphatic carbocycles. The van der Waals surface area contributed by atoms with E-state index in [-0.39, 0.29) is 16.9 Å². The summed E-state index contributed by atoms with van der Waals surface area (Å²) in [6.45, 7) is 2.53. The second kappa shape index (κ2) is 7.52. The molecule has 30 heavy (non-hydrogen) atoms. The van der Waals surface area contributed by atoms with E-state index in [9.17, 15) is 13.2 Å². The lowest BCUT2D eigenvalue weighted by Crippen LogP contribution is -2.38. The fourth-order valence-corrected chi connectivity index (χ4v) is 4.05. The molecular weight excluding hydrogens is 412 g/mol. The molecule has 3 aromatic heterocycles. The summed E-state index contributed by atoms with van der Waals surface area (Å²) in [6, 6.07) is 2.95. The zero-order valence-electron chi connectivity index (χ0n) is 16.4. The molecule has 1 N–H and O–H groups in total. The summed E-state index contributed by atoms with van der Waals surface area (Å²) in [5.41, 5.74) is 1.00. The summed E-state index contributed by atoms with van der Waals surface area (Å²) in [4.78, 5) is 25.1. The maximum absolute atomic E-state index is 11.7. The van der Waals surface area contributed by atoms with Crippen LogP contribution in [0.3, 0.4) is 0 Å². The van der Waals surface area contributed by atoms with Crippen molar-refractivity contribution in [1.29, 1.82) is 0 Å². The number of hydrogen-bond acceptors (Lipinski definition) is 8. The number of amides is 1. The molecule has 4 heterocycles. The van der Waals surface area contributed by atoms with Crippen molar-refractivity contribution in [2.24, 2.45) is 0 Å². The third-order valence-electron chi connectivity index (χ3n) is 5.03. The fraction of sp³-hybridized carbons (Fsp3) is 0.389. The molecule has 4 rings (SSSR count). The molecule has 1 aliphatic heterocycles. The van der Waals surface area contributed by atoms with E-state index in [0.29, 0.717) is 48.4 Å². The van der Waals surface area contributed by atoms with Crippen molar-refractivity contribution in [3.8, 4) is 11.6 Å². The van der Waals surface area contributed by atoms with E-state index in [1.54, 1.807) is 23.9 Å². The van der Waals surface area contributed by atoms with Crippen molar-refractivity contribution < 1.29 is 23.1 Å². The van der Waals surface area contributed by atoms with Crippen molar-refractivity contribution in [3.63, 3.8) is 0 Å². The Morgan fingerprint density at radius 2 is 1.97 bits per heavy atom. The molecule has 11 nitrogen and oxygen atoms in total. The molecule has 0 aromatic carbocycles. The minimum Gasteiger partial charge on any atom is -0.465 e. The van der Waals surface area contributed by atoms with Gasteiger partial charge in [0.2, 0.25) is 5.88 Å². The smallest absolute Gasteiger partial charge is 0.407 e. The molecule has 12 heteroatoms. The van der Waals surface area contributed by atoms with Crippen molar-refractivity contribution >= 4 is 27.0 Å². The van der Waals surface area contributed by atoms with Crippen LogP contribution in [0, 0.1) is 6.92 Å². The minimum absolute atomic E-state index is 0.0262. The number of likely N-dealkylation sites (tertiary alicyclic amines) is 1. The van der Waals surface area contributed by atoms with Gasteiger partial charge in [0.1, 0.15) is 11.7 Å². The van der Waals surface area contributed by atoms with E-state index in [2.05, 4.69) is 20.1 Å². The summed E-state index contributed by atoms with van der Waals surface area (Å²) < 4.78 is 31.0. The molecule has 0 bridgehead atoms. The van der Waals surface area contributed by atoms with Crippen LogP contribution in [0.1, 0.15) is 24.6 Å². The third-order valence-corrected chi connectivity index (χ3v) is 6.02. The molecule has 1 aliphatic rings. The Morgan fingerprint density at radius 1 is 1.23 bits per heavy atom. The zero-order chi connectivity index (χ0) is 21.5. The first-order chi connectivity index (χ1) is 14.2. The fourth-order valence-electron chi connectivity index (χ4n) is 3.43. The molecule has 1 amide bonds. The second-order valence-electron chi connectivity index (χ2n) is 7.11. The van der Waals surface area contributed by atoms with E-state index in [4.69, 9.17) is 9.84 Å². The van der Waals surface area contributed by atoms with Crippen molar-refractivity contribution in [3.05, 3.63) is 30.4 Å². The van der Waals surface area contributed by atoms with Gasteiger partial charge in [-0.15, -0.1) is 0 Å². The SMILES string of the molecule is Cc1nc(S(C)(=O)=O)ccc1Oc1ncnc2c1cnn2C1CCN(C(=O)O)CC1. The lowest BCUT2D eigenvalue weighted by Gasteiger charge is -2.30. The highest BCUT2D eigenvalue weighted by Gasteiger charge is 2.26. The number of aryl methyl sites for hydroxylation is 1. The Hall–Kier alpha value is -3.28. The van der Waals surface area contributed by atoms with Crippen LogP contribution in [-0.2, 0) is 9.84 Å². The first-order valence-electron chi connectivity index (χ1n) is 9.25. The van der Waals surface area contributed by atoms with Crippen molar-refractivity contribution in [2.75, 3.05) is 19.3 Å². The molecular formula is C18H20N6O5S. The Balaban J connectivity index is 1.61. The first kappa shape index (κ1) is 20.0. The summed E-state index contributed by atoms with van der Waals surface area (Å²) in [5.74, 6) is 0.663. The Labute approximate surface area is 172 Å². The minimum atomic E-state index is -3.41. The standard InChI is InChI=1S/C18H20N6O5S/c1-11-14(3-4-15(22-11)30(2,27)28)29-17-13-9-21-24(16(13)19-10-20-17)12-5-7-23(8-6-12)18(25)26/h3-4,9-10,12H,5-8H2,1-2H3,(H,25,26). The van der Waals surface area contributed by atoms with Gasteiger partial charge < -0.3 is 14.7 Å². The highest BCUT2D eigenvalue weighted by molar-refractivity contribution is 7.90. The molecule has 0 unspecified atom stereocenters. The quantitative estimate of drug-likeness (QED) is 0.655. The van der Waals surface area contributed by atoms with Crippen molar-refractivity contribution in [2.45, 2.75) is 30.8 Å². The average Bonchev–Trinajstić information content (AvgIpc) is 3.14. The van der Waals surface area contributed by atoms with Crippen LogP contribution in [0.4, 0.5) is 4.79 Å². The number of rotatable bonds is 4. The highest BCUT2D eigenvalue weighted by Crippen LogP contribution is 2.31. The lowest BCUT2D eigenvalue weighted by atomic mass is 10.1. The predicted octanol–water partition coefficient (Wildman–Crippen LogP) is 2.04. The molecule has 0 radical (unpaired) electrons. The van der Waals surface area contributed by atoms with Gasteiger partial charge in [-0.3, -0.25) is 0 Å². The van der Waals surface area contributed by atoms with Gasteiger partial charge in [0.05, 0.1) is 17.9 Å². The Morgan fingerprint density at radius 3 is 2.60 bits per heavy atom. The third kappa shape index (κ3) is 3.77. The van der Waals surface area contributed by atoms with Crippen LogP contribution in [-0.4, -0.2) is 68.6 Å². The number of carboxylic acid groups (broad SMARTS) is 1. The Bertz CT molecular complexity index is 1220. The van der Waals surface area contributed by atoms with Gasteiger partial charge in [0, 0.05) is 19.3 Å². The largest absolute Gasteiger partial charge is 0.465 e. The van der Waals surface area contributed by atoms with E-state index in [0.717, 1.165) is 6.26 Å². The topological polar surface area (TPSA) is 140 Å². The normalized spacial score (nSPS) is 15.5. The Kier molecular flexibility index (Phi) is 5.02. The van der Waals surface area contributed by atoms with Gasteiger partial charge in [-0.2, -0.15) is 5.10 Å². The van der Waals surface area contributed by atoms with Crippen LogP contribution >= 0.6 is 0 Å². The summed E-state index contributed by atoms with van der Waals surface area (Å²) in [7, 11) is -3.41. The van der Waals surface area contributed by atoms with Gasteiger partial charge in [-0.25, -0.2) is 32.8 Å². The molecule has 3 aromatic rings. The molecule has 0 spiro atoms.